The number of aromatic nitrogens is 3. The number of hydrogen-bond donors (Lipinski definition) is 1. The number of piperazine rings is 1. The van der Waals surface area contributed by atoms with Crippen molar-refractivity contribution in [1.29, 1.82) is 0 Å². The van der Waals surface area contributed by atoms with Crippen LogP contribution in [0.15, 0.2) is 11.6 Å². The van der Waals surface area contributed by atoms with Crippen molar-refractivity contribution in [2.45, 2.75) is 0 Å². The number of nitrogens with zero attached hydrogens (tertiary/aromatic N) is 5. The lowest BCUT2D eigenvalue weighted by Gasteiger charge is -2.34. The molecule has 8 heteroatoms. The second kappa shape index (κ2) is 4.46. The summed E-state index contributed by atoms with van der Waals surface area (Å²) in [6.45, 7) is 3.81. The molecule has 2 aromatic heterocycles. The third kappa shape index (κ3) is 2.18. The Bertz CT molecular complexity index is 473. The lowest BCUT2D eigenvalue weighted by atomic mass is 10.3. The van der Waals surface area contributed by atoms with E-state index in [1.54, 1.807) is 11.3 Å². The highest BCUT2D eigenvalue weighted by molar-refractivity contribution is 7.13. The normalized spacial score (nSPS) is 16.5. The molecule has 0 aromatic carbocycles. The van der Waals surface area contributed by atoms with E-state index in [9.17, 15) is 0 Å². The minimum absolute atomic E-state index is 0.368. The fourth-order valence-corrected chi connectivity index (χ4v) is 3.16. The first-order valence-corrected chi connectivity index (χ1v) is 6.97. The molecule has 1 saturated heterocycles. The van der Waals surface area contributed by atoms with Gasteiger partial charge >= 0.3 is 0 Å². The van der Waals surface area contributed by atoms with Crippen LogP contribution in [-0.4, -0.2) is 40.5 Å². The minimum Gasteiger partial charge on any atom is -0.367 e. The van der Waals surface area contributed by atoms with E-state index in [-0.39, 0.29) is 0 Å². The summed E-state index contributed by atoms with van der Waals surface area (Å²) in [6, 6.07) is 0. The van der Waals surface area contributed by atoms with Crippen LogP contribution < -0.4 is 15.5 Å². The zero-order valence-electron chi connectivity index (χ0n) is 9.11. The predicted molar refractivity (Wildman–Crippen MR) is 70.9 cm³/mol. The largest absolute Gasteiger partial charge is 0.367 e. The lowest BCUT2D eigenvalue weighted by Crippen LogP contribution is -2.46. The van der Waals surface area contributed by atoms with Crippen molar-refractivity contribution < 1.29 is 0 Å². The number of nitrogen functional groups attached to an aromatic ring is 1. The van der Waals surface area contributed by atoms with Crippen molar-refractivity contribution in [3.05, 3.63) is 11.6 Å². The summed E-state index contributed by atoms with van der Waals surface area (Å²) in [6.07, 6.45) is 1.85. The molecule has 1 aliphatic rings. The van der Waals surface area contributed by atoms with Crippen molar-refractivity contribution in [1.82, 2.24) is 14.3 Å². The first-order chi connectivity index (χ1) is 8.33. The maximum Gasteiger partial charge on any atom is 0.233 e. The average Bonchev–Trinajstić information content (AvgIpc) is 3.00. The fourth-order valence-electron chi connectivity index (χ4n) is 1.82. The zero-order valence-corrected chi connectivity index (χ0v) is 10.7. The molecule has 1 aliphatic heterocycles. The van der Waals surface area contributed by atoms with E-state index in [0.717, 1.165) is 36.4 Å². The Morgan fingerprint density at radius 3 is 2.35 bits per heavy atom. The maximum absolute atomic E-state index is 5.53. The Labute approximate surface area is 107 Å². The van der Waals surface area contributed by atoms with Gasteiger partial charge in [0.2, 0.25) is 11.1 Å². The SMILES string of the molecule is Nc1nsc(N2CCN(c3nccs3)CC2)n1. The number of rotatable bonds is 2. The highest BCUT2D eigenvalue weighted by atomic mass is 32.1. The summed E-state index contributed by atoms with van der Waals surface area (Å²) >= 11 is 3.04. The molecule has 17 heavy (non-hydrogen) atoms. The van der Waals surface area contributed by atoms with Crippen molar-refractivity contribution in [2.24, 2.45) is 0 Å². The highest BCUT2D eigenvalue weighted by Crippen LogP contribution is 2.23. The lowest BCUT2D eigenvalue weighted by molar-refractivity contribution is 0.651. The van der Waals surface area contributed by atoms with Crippen molar-refractivity contribution in [2.75, 3.05) is 41.7 Å². The molecule has 0 aliphatic carbocycles. The van der Waals surface area contributed by atoms with E-state index in [2.05, 4.69) is 24.1 Å². The summed E-state index contributed by atoms with van der Waals surface area (Å²) in [5, 5.41) is 4.02. The van der Waals surface area contributed by atoms with E-state index >= 15 is 0 Å². The first-order valence-electron chi connectivity index (χ1n) is 5.31. The van der Waals surface area contributed by atoms with Gasteiger partial charge in [0.1, 0.15) is 0 Å². The van der Waals surface area contributed by atoms with Crippen molar-refractivity contribution in [3.63, 3.8) is 0 Å². The van der Waals surface area contributed by atoms with Gasteiger partial charge in [-0.25, -0.2) is 4.98 Å². The van der Waals surface area contributed by atoms with Crippen LogP contribution in [0, 0.1) is 0 Å². The molecule has 0 bridgehead atoms. The van der Waals surface area contributed by atoms with Crippen LogP contribution in [0.2, 0.25) is 0 Å². The summed E-state index contributed by atoms with van der Waals surface area (Å²) in [5.74, 6) is 0.368. The number of anilines is 3. The number of hydrogen-bond acceptors (Lipinski definition) is 8. The molecule has 0 unspecified atom stereocenters. The average molecular weight is 268 g/mol. The van der Waals surface area contributed by atoms with Gasteiger partial charge in [-0.15, -0.1) is 11.3 Å². The molecular weight excluding hydrogens is 256 g/mol. The van der Waals surface area contributed by atoms with Crippen LogP contribution in [0.4, 0.5) is 16.2 Å². The molecule has 90 valence electrons. The molecule has 3 rings (SSSR count). The third-order valence-corrected chi connectivity index (χ3v) is 4.29. The van der Waals surface area contributed by atoms with E-state index in [4.69, 9.17) is 5.73 Å². The molecule has 0 atom stereocenters. The monoisotopic (exact) mass is 268 g/mol. The molecule has 0 saturated carbocycles. The summed E-state index contributed by atoms with van der Waals surface area (Å²) < 4.78 is 4.00. The molecule has 0 amide bonds. The van der Waals surface area contributed by atoms with Gasteiger partial charge in [-0.3, -0.25) is 0 Å². The van der Waals surface area contributed by atoms with E-state index in [1.165, 1.54) is 11.5 Å². The Morgan fingerprint density at radius 2 is 1.82 bits per heavy atom. The number of nitrogens with two attached hydrogens (primary N) is 1. The van der Waals surface area contributed by atoms with Gasteiger partial charge in [0, 0.05) is 49.3 Å². The molecule has 2 N–H and O–H groups in total. The smallest absolute Gasteiger partial charge is 0.233 e. The maximum atomic E-state index is 5.53. The fraction of sp³-hybridized carbons (Fsp3) is 0.444. The summed E-state index contributed by atoms with van der Waals surface area (Å²) in [7, 11) is 0. The van der Waals surface area contributed by atoms with Crippen LogP contribution in [0.5, 0.6) is 0 Å². The standard InChI is InChI=1S/C9H12N6S2/c10-7-12-9(17-13-7)15-4-2-14(3-5-15)8-11-1-6-16-8/h1,6H,2-5H2,(H2,10,13). The predicted octanol–water partition coefficient (Wildman–Crippen LogP) is 0.903. The first kappa shape index (κ1) is 10.7. The Morgan fingerprint density at radius 1 is 1.12 bits per heavy atom. The molecule has 0 spiro atoms. The second-order valence-electron chi connectivity index (χ2n) is 3.72. The van der Waals surface area contributed by atoms with E-state index in [0.29, 0.717) is 5.95 Å². The van der Waals surface area contributed by atoms with Gasteiger partial charge in [-0.2, -0.15) is 9.36 Å². The van der Waals surface area contributed by atoms with E-state index < -0.39 is 0 Å². The van der Waals surface area contributed by atoms with Gasteiger partial charge in [-0.1, -0.05) is 0 Å². The molecule has 2 aromatic rings. The Kier molecular flexibility index (Phi) is 2.81. The minimum atomic E-state index is 0.368. The van der Waals surface area contributed by atoms with Gasteiger partial charge in [0.05, 0.1) is 0 Å². The molecule has 0 radical (unpaired) electrons. The van der Waals surface area contributed by atoms with Gasteiger partial charge < -0.3 is 15.5 Å². The molecule has 6 nitrogen and oxygen atoms in total. The van der Waals surface area contributed by atoms with Gasteiger partial charge in [0.25, 0.3) is 0 Å². The highest BCUT2D eigenvalue weighted by Gasteiger charge is 2.20. The topological polar surface area (TPSA) is 71.2 Å². The Hall–Kier alpha value is -1.41. The zero-order chi connectivity index (χ0) is 11.7. The van der Waals surface area contributed by atoms with Crippen molar-refractivity contribution >= 4 is 39.1 Å². The van der Waals surface area contributed by atoms with Gasteiger partial charge in [-0.05, 0) is 0 Å². The van der Waals surface area contributed by atoms with Crippen molar-refractivity contribution in [3.8, 4) is 0 Å². The summed E-state index contributed by atoms with van der Waals surface area (Å²) in [5.41, 5.74) is 5.53. The van der Waals surface area contributed by atoms with Gasteiger partial charge in [0.15, 0.2) is 5.13 Å². The Balaban J connectivity index is 1.64. The molecule has 1 fully saturated rings. The molecule has 3 heterocycles. The van der Waals surface area contributed by atoms with Crippen LogP contribution in [-0.2, 0) is 0 Å². The van der Waals surface area contributed by atoms with Crippen LogP contribution in [0.3, 0.4) is 0 Å². The van der Waals surface area contributed by atoms with Crippen LogP contribution in [0.1, 0.15) is 0 Å². The van der Waals surface area contributed by atoms with Crippen LogP contribution >= 0.6 is 22.9 Å². The number of thiazole rings is 1. The summed E-state index contributed by atoms with van der Waals surface area (Å²) in [4.78, 5) is 13.0. The van der Waals surface area contributed by atoms with E-state index in [1.807, 2.05) is 11.6 Å². The van der Waals surface area contributed by atoms with Crippen LogP contribution in [0.25, 0.3) is 0 Å². The third-order valence-electron chi connectivity index (χ3n) is 2.67. The second-order valence-corrected chi connectivity index (χ2v) is 5.33. The molecular formula is C9H12N6S2. The quantitative estimate of drug-likeness (QED) is 0.872.